The van der Waals surface area contributed by atoms with Gasteiger partial charge in [-0.05, 0) is 0 Å². The van der Waals surface area contributed by atoms with Gasteiger partial charge in [-0.15, -0.1) is 5.06 Å². The van der Waals surface area contributed by atoms with Crippen LogP contribution >= 0.6 is 15.9 Å². The Labute approximate surface area is 82.4 Å². The fourth-order valence-electron chi connectivity index (χ4n) is 0.797. The van der Waals surface area contributed by atoms with Crippen molar-refractivity contribution < 1.29 is 19.2 Å². The molecule has 1 aliphatic rings. The predicted octanol–water partition coefficient (Wildman–Crippen LogP) is 0.153. The Morgan fingerprint density at radius 2 is 2.31 bits per heavy atom. The third-order valence-corrected chi connectivity index (χ3v) is 2.11. The summed E-state index contributed by atoms with van der Waals surface area (Å²) in [5, 5.41) is 0.448. The molecule has 0 aromatic heterocycles. The number of hydrogen-bond acceptors (Lipinski definition) is 4. The van der Waals surface area contributed by atoms with E-state index >= 15 is 0 Å². The number of carbonyl (C=O) groups excluding carboxylic acids is 3. The van der Waals surface area contributed by atoms with Crippen molar-refractivity contribution in [3.05, 3.63) is 12.7 Å². The second kappa shape index (κ2) is 3.69. The van der Waals surface area contributed by atoms with E-state index in [2.05, 4.69) is 27.3 Å². The summed E-state index contributed by atoms with van der Waals surface area (Å²) in [5.74, 6) is -1.94. The Hall–Kier alpha value is -1.17. The SMILES string of the molecule is C=CC(=O)ON1C(=O)CC(Br)C1=O. The summed E-state index contributed by atoms with van der Waals surface area (Å²) >= 11 is 2.97. The summed E-state index contributed by atoms with van der Waals surface area (Å²) in [6.45, 7) is 3.14. The zero-order chi connectivity index (χ0) is 10.0. The molecule has 5 nitrogen and oxygen atoms in total. The van der Waals surface area contributed by atoms with Gasteiger partial charge in [0.05, 0.1) is 6.42 Å². The molecule has 6 heteroatoms. The Balaban J connectivity index is 2.69. The van der Waals surface area contributed by atoms with Crippen LogP contribution in [0.4, 0.5) is 0 Å². The van der Waals surface area contributed by atoms with Gasteiger partial charge >= 0.3 is 5.97 Å². The number of halogens is 1. The van der Waals surface area contributed by atoms with E-state index < -0.39 is 22.6 Å². The standard InChI is InChI=1S/C7H6BrNO4/c1-2-6(11)13-9-5(10)3-4(8)7(9)12/h2,4H,1,3H2. The number of rotatable bonds is 2. The van der Waals surface area contributed by atoms with Crippen LogP contribution in [0.3, 0.4) is 0 Å². The summed E-state index contributed by atoms with van der Waals surface area (Å²) in [7, 11) is 0. The number of hydroxylamine groups is 2. The molecule has 0 N–H and O–H groups in total. The Morgan fingerprint density at radius 1 is 1.69 bits per heavy atom. The van der Waals surface area contributed by atoms with Crippen molar-refractivity contribution >= 4 is 33.7 Å². The summed E-state index contributed by atoms with van der Waals surface area (Å²) < 4.78 is 0. The second-order valence-electron chi connectivity index (χ2n) is 2.31. The monoisotopic (exact) mass is 247 g/mol. The summed E-state index contributed by atoms with van der Waals surface area (Å²) in [5.41, 5.74) is 0. The van der Waals surface area contributed by atoms with Crippen molar-refractivity contribution in [3.8, 4) is 0 Å². The summed E-state index contributed by atoms with van der Waals surface area (Å²) in [6.07, 6.45) is 0.880. The third-order valence-electron chi connectivity index (χ3n) is 1.40. The lowest BCUT2D eigenvalue weighted by molar-refractivity contribution is -0.193. The van der Waals surface area contributed by atoms with Crippen LogP contribution in [0.1, 0.15) is 6.42 Å². The van der Waals surface area contributed by atoms with E-state index in [0.29, 0.717) is 5.06 Å². The van der Waals surface area contributed by atoms with Crippen molar-refractivity contribution in [1.29, 1.82) is 0 Å². The van der Waals surface area contributed by atoms with Crippen LogP contribution < -0.4 is 0 Å². The molecule has 0 radical (unpaired) electrons. The minimum atomic E-state index is -0.830. The molecule has 70 valence electrons. The maximum absolute atomic E-state index is 11.1. The molecule has 13 heavy (non-hydrogen) atoms. The number of nitrogens with zero attached hydrogens (tertiary/aromatic N) is 1. The van der Waals surface area contributed by atoms with Crippen molar-refractivity contribution in [2.45, 2.75) is 11.2 Å². The highest BCUT2D eigenvalue weighted by molar-refractivity contribution is 9.10. The summed E-state index contributed by atoms with van der Waals surface area (Å²) in [6, 6.07) is 0. The van der Waals surface area contributed by atoms with Gasteiger partial charge in [0.2, 0.25) is 0 Å². The van der Waals surface area contributed by atoms with E-state index in [-0.39, 0.29) is 6.42 Å². The molecule has 0 saturated carbocycles. The zero-order valence-electron chi connectivity index (χ0n) is 6.53. The molecule has 1 fully saturated rings. The van der Waals surface area contributed by atoms with Crippen LogP contribution in [0, 0.1) is 0 Å². The minimum absolute atomic E-state index is 0.00323. The van der Waals surface area contributed by atoms with Gasteiger partial charge in [-0.3, -0.25) is 9.59 Å². The van der Waals surface area contributed by atoms with Gasteiger partial charge < -0.3 is 4.84 Å². The van der Waals surface area contributed by atoms with Crippen LogP contribution in [-0.2, 0) is 19.2 Å². The fraction of sp³-hybridized carbons (Fsp3) is 0.286. The lowest BCUT2D eigenvalue weighted by atomic mass is 10.4. The van der Waals surface area contributed by atoms with E-state index in [1.807, 2.05) is 0 Å². The molecule has 1 unspecified atom stereocenters. The smallest absolute Gasteiger partial charge is 0.326 e. The minimum Gasteiger partial charge on any atom is -0.326 e. The fourth-order valence-corrected chi connectivity index (χ4v) is 1.26. The first-order valence-corrected chi connectivity index (χ1v) is 4.33. The van der Waals surface area contributed by atoms with Crippen molar-refractivity contribution in [2.75, 3.05) is 0 Å². The Morgan fingerprint density at radius 3 is 2.69 bits per heavy atom. The van der Waals surface area contributed by atoms with Crippen LogP contribution in [0.2, 0.25) is 0 Å². The molecule has 0 aromatic rings. The van der Waals surface area contributed by atoms with E-state index in [4.69, 9.17) is 0 Å². The first-order valence-electron chi connectivity index (χ1n) is 3.41. The van der Waals surface area contributed by atoms with Gasteiger partial charge in [-0.1, -0.05) is 22.5 Å². The summed E-state index contributed by atoms with van der Waals surface area (Å²) in [4.78, 5) is 36.6. The Bertz CT molecular complexity index is 288. The molecule has 0 bridgehead atoms. The third kappa shape index (κ3) is 1.95. The zero-order valence-corrected chi connectivity index (χ0v) is 8.11. The molecule has 2 amide bonds. The molecule has 1 heterocycles. The molecule has 1 aliphatic heterocycles. The van der Waals surface area contributed by atoms with Gasteiger partial charge in [-0.2, -0.15) is 0 Å². The van der Waals surface area contributed by atoms with Gasteiger partial charge in [0.15, 0.2) is 0 Å². The molecule has 0 aliphatic carbocycles. The molecule has 0 spiro atoms. The van der Waals surface area contributed by atoms with Crippen molar-refractivity contribution in [3.63, 3.8) is 0 Å². The van der Waals surface area contributed by atoms with Gasteiger partial charge in [0.25, 0.3) is 11.8 Å². The molecule has 1 atom stereocenters. The second-order valence-corrected chi connectivity index (χ2v) is 3.42. The Kier molecular flexibility index (Phi) is 2.82. The molecule has 1 rings (SSSR count). The van der Waals surface area contributed by atoms with E-state index in [9.17, 15) is 14.4 Å². The molecule has 1 saturated heterocycles. The van der Waals surface area contributed by atoms with Crippen LogP contribution in [0.5, 0.6) is 0 Å². The maximum Gasteiger partial charge on any atom is 0.356 e. The highest BCUT2D eigenvalue weighted by atomic mass is 79.9. The largest absolute Gasteiger partial charge is 0.356 e. The molecular weight excluding hydrogens is 242 g/mol. The van der Waals surface area contributed by atoms with Crippen LogP contribution in [0.15, 0.2) is 12.7 Å². The van der Waals surface area contributed by atoms with Crippen LogP contribution in [-0.4, -0.2) is 27.7 Å². The molecular formula is C7H6BrNO4. The lowest BCUT2D eigenvalue weighted by Crippen LogP contribution is -2.32. The average Bonchev–Trinajstić information content (AvgIpc) is 2.32. The highest BCUT2D eigenvalue weighted by Gasteiger charge is 2.39. The van der Waals surface area contributed by atoms with Gasteiger partial charge in [0, 0.05) is 6.08 Å². The number of amides is 2. The first kappa shape index (κ1) is 9.91. The van der Waals surface area contributed by atoms with E-state index in [1.165, 1.54) is 0 Å². The number of alkyl halides is 1. The van der Waals surface area contributed by atoms with Gasteiger partial charge in [-0.25, -0.2) is 4.79 Å². The quantitative estimate of drug-likeness (QED) is 0.396. The number of carbonyl (C=O) groups is 3. The first-order chi connectivity index (χ1) is 6.06. The highest BCUT2D eigenvalue weighted by Crippen LogP contribution is 2.19. The number of hydrogen-bond donors (Lipinski definition) is 0. The predicted molar refractivity (Wildman–Crippen MR) is 45.5 cm³/mol. The van der Waals surface area contributed by atoms with Crippen molar-refractivity contribution in [1.82, 2.24) is 5.06 Å². The van der Waals surface area contributed by atoms with Gasteiger partial charge in [0.1, 0.15) is 4.83 Å². The normalized spacial score (nSPS) is 21.9. The number of imide groups is 1. The maximum atomic E-state index is 11.1. The van der Waals surface area contributed by atoms with Crippen molar-refractivity contribution in [2.24, 2.45) is 0 Å². The molecule has 0 aromatic carbocycles. The van der Waals surface area contributed by atoms with E-state index in [0.717, 1.165) is 6.08 Å². The van der Waals surface area contributed by atoms with E-state index in [1.54, 1.807) is 0 Å². The lowest BCUT2D eigenvalue weighted by Gasteiger charge is -2.10. The average molecular weight is 248 g/mol. The van der Waals surface area contributed by atoms with Crippen LogP contribution in [0.25, 0.3) is 0 Å². The topological polar surface area (TPSA) is 63.7 Å².